The van der Waals surface area contributed by atoms with Gasteiger partial charge in [0, 0.05) is 5.56 Å². The number of amides is 1. The van der Waals surface area contributed by atoms with E-state index in [1.165, 1.54) is 12.1 Å². The third kappa shape index (κ3) is 2.88. The molecule has 1 heterocycles. The van der Waals surface area contributed by atoms with Crippen LogP contribution in [0.1, 0.15) is 25.6 Å². The quantitative estimate of drug-likeness (QED) is 0.874. The summed E-state index contributed by atoms with van der Waals surface area (Å²) in [6.45, 7) is 1.71. The first-order valence-corrected chi connectivity index (χ1v) is 7.15. The lowest BCUT2D eigenvalue weighted by molar-refractivity contribution is 0.0703. The number of benzene rings is 1. The molecule has 0 saturated carbocycles. The van der Waals surface area contributed by atoms with E-state index >= 15 is 0 Å². The average molecular weight is 358 g/mol. The van der Waals surface area contributed by atoms with E-state index in [-0.39, 0.29) is 20.6 Å². The molecule has 2 rings (SSSR count). The van der Waals surface area contributed by atoms with Crippen molar-refractivity contribution in [1.29, 1.82) is 0 Å². The second-order valence-corrected chi connectivity index (χ2v) is 5.74. The molecule has 4 nitrogen and oxygen atoms in total. The molecular weight excluding hydrogens is 349 g/mol. The third-order valence-electron chi connectivity index (χ3n) is 2.59. The van der Waals surface area contributed by atoms with Crippen LogP contribution in [0.5, 0.6) is 0 Å². The monoisotopic (exact) mass is 357 g/mol. The Labute approximate surface area is 126 Å². The SMILES string of the molecule is Cc1csc(C(=O)O)c1NC(=O)c1ccc(F)c(Br)c1. The number of aromatic carboxylic acids is 1. The molecule has 7 heteroatoms. The number of nitrogens with one attached hydrogen (secondary N) is 1. The van der Waals surface area contributed by atoms with E-state index in [2.05, 4.69) is 21.2 Å². The summed E-state index contributed by atoms with van der Waals surface area (Å²) >= 11 is 4.04. The number of carboxylic acid groups (broad SMARTS) is 1. The van der Waals surface area contributed by atoms with E-state index in [9.17, 15) is 14.0 Å². The molecule has 20 heavy (non-hydrogen) atoms. The number of anilines is 1. The van der Waals surface area contributed by atoms with Crippen molar-refractivity contribution in [2.24, 2.45) is 0 Å². The van der Waals surface area contributed by atoms with Gasteiger partial charge < -0.3 is 10.4 Å². The largest absolute Gasteiger partial charge is 0.477 e. The molecule has 0 bridgehead atoms. The molecule has 1 aromatic carbocycles. The number of carbonyl (C=O) groups is 2. The van der Waals surface area contributed by atoms with Crippen LogP contribution in [0.2, 0.25) is 0 Å². The molecule has 0 saturated heterocycles. The number of hydrogen-bond acceptors (Lipinski definition) is 3. The minimum atomic E-state index is -1.10. The summed E-state index contributed by atoms with van der Waals surface area (Å²) in [4.78, 5) is 23.2. The summed E-state index contributed by atoms with van der Waals surface area (Å²) < 4.78 is 13.3. The second kappa shape index (κ2) is 5.72. The van der Waals surface area contributed by atoms with E-state index in [1.807, 2.05) is 0 Å². The molecule has 0 unspecified atom stereocenters. The van der Waals surface area contributed by atoms with Crippen molar-refractivity contribution >= 4 is 44.8 Å². The summed E-state index contributed by atoms with van der Waals surface area (Å²) in [5.74, 6) is -2.06. The highest BCUT2D eigenvalue weighted by atomic mass is 79.9. The Balaban J connectivity index is 2.30. The molecule has 0 radical (unpaired) electrons. The molecule has 1 amide bonds. The summed E-state index contributed by atoms with van der Waals surface area (Å²) in [6, 6.07) is 3.84. The lowest BCUT2D eigenvalue weighted by Gasteiger charge is -2.07. The number of carboxylic acids is 1. The van der Waals surface area contributed by atoms with E-state index in [0.29, 0.717) is 5.56 Å². The summed E-state index contributed by atoms with van der Waals surface area (Å²) in [5.41, 5.74) is 1.18. The van der Waals surface area contributed by atoms with Crippen LogP contribution in [0.4, 0.5) is 10.1 Å². The molecule has 0 aliphatic heterocycles. The number of halogens is 2. The summed E-state index contributed by atoms with van der Waals surface area (Å²) in [6.07, 6.45) is 0. The lowest BCUT2D eigenvalue weighted by Crippen LogP contribution is -2.14. The van der Waals surface area contributed by atoms with Gasteiger partial charge in [-0.25, -0.2) is 9.18 Å². The van der Waals surface area contributed by atoms with Gasteiger partial charge >= 0.3 is 5.97 Å². The van der Waals surface area contributed by atoms with E-state index in [1.54, 1.807) is 12.3 Å². The molecule has 0 atom stereocenters. The van der Waals surface area contributed by atoms with Gasteiger partial charge in [0.05, 0.1) is 10.2 Å². The van der Waals surface area contributed by atoms with Gasteiger partial charge in [0.15, 0.2) is 0 Å². The number of rotatable bonds is 3. The Morgan fingerprint density at radius 3 is 2.70 bits per heavy atom. The molecule has 0 spiro atoms. The van der Waals surface area contributed by atoms with Crippen molar-refractivity contribution in [3.05, 3.63) is 49.9 Å². The van der Waals surface area contributed by atoms with Gasteiger partial charge in [0.2, 0.25) is 0 Å². The van der Waals surface area contributed by atoms with Gasteiger partial charge in [-0.05, 0) is 52.0 Å². The molecule has 2 aromatic rings. The van der Waals surface area contributed by atoms with Crippen molar-refractivity contribution < 1.29 is 19.1 Å². The fourth-order valence-electron chi connectivity index (χ4n) is 1.58. The first-order chi connectivity index (χ1) is 9.40. The van der Waals surface area contributed by atoms with Crippen molar-refractivity contribution in [3.8, 4) is 0 Å². The van der Waals surface area contributed by atoms with Crippen molar-refractivity contribution in [3.63, 3.8) is 0 Å². The molecule has 0 fully saturated rings. The normalized spacial score (nSPS) is 10.3. The highest BCUT2D eigenvalue weighted by Gasteiger charge is 2.18. The van der Waals surface area contributed by atoms with Gasteiger partial charge in [0.25, 0.3) is 5.91 Å². The predicted octanol–water partition coefficient (Wildman–Crippen LogP) is 3.91. The molecule has 2 N–H and O–H groups in total. The average Bonchev–Trinajstić information content (AvgIpc) is 2.74. The lowest BCUT2D eigenvalue weighted by atomic mass is 10.2. The Bertz CT molecular complexity index is 699. The zero-order valence-electron chi connectivity index (χ0n) is 10.2. The van der Waals surface area contributed by atoms with Gasteiger partial charge in [-0.1, -0.05) is 0 Å². The molecule has 0 aliphatic carbocycles. The van der Waals surface area contributed by atoms with Crippen LogP contribution in [0.25, 0.3) is 0 Å². The van der Waals surface area contributed by atoms with E-state index in [0.717, 1.165) is 17.4 Å². The number of carbonyl (C=O) groups excluding carboxylic acids is 1. The zero-order chi connectivity index (χ0) is 14.9. The van der Waals surface area contributed by atoms with Crippen LogP contribution in [-0.4, -0.2) is 17.0 Å². The Kier molecular flexibility index (Phi) is 4.20. The van der Waals surface area contributed by atoms with E-state index < -0.39 is 17.7 Å². The van der Waals surface area contributed by atoms with Crippen molar-refractivity contribution in [2.75, 3.05) is 5.32 Å². The second-order valence-electron chi connectivity index (χ2n) is 4.01. The predicted molar refractivity (Wildman–Crippen MR) is 78.1 cm³/mol. The van der Waals surface area contributed by atoms with E-state index in [4.69, 9.17) is 5.11 Å². The van der Waals surface area contributed by atoms with Crippen LogP contribution >= 0.6 is 27.3 Å². The Morgan fingerprint density at radius 1 is 1.40 bits per heavy atom. The van der Waals surface area contributed by atoms with Crippen LogP contribution < -0.4 is 5.32 Å². The standard InChI is InChI=1S/C13H9BrFNO3S/c1-6-5-20-11(13(18)19)10(6)16-12(17)7-2-3-9(15)8(14)4-7/h2-5H,1H3,(H,16,17)(H,18,19). The Morgan fingerprint density at radius 2 is 2.10 bits per heavy atom. The van der Waals surface area contributed by atoms with Crippen LogP contribution in [0.3, 0.4) is 0 Å². The van der Waals surface area contributed by atoms with Gasteiger partial charge in [-0.3, -0.25) is 4.79 Å². The third-order valence-corrected chi connectivity index (χ3v) is 4.28. The van der Waals surface area contributed by atoms with Crippen LogP contribution in [-0.2, 0) is 0 Å². The van der Waals surface area contributed by atoms with Crippen molar-refractivity contribution in [1.82, 2.24) is 0 Å². The molecule has 0 aliphatic rings. The first-order valence-electron chi connectivity index (χ1n) is 5.48. The molecular formula is C13H9BrFNO3S. The number of thiophene rings is 1. The Hall–Kier alpha value is -1.73. The van der Waals surface area contributed by atoms with Crippen molar-refractivity contribution in [2.45, 2.75) is 6.92 Å². The minimum absolute atomic E-state index is 0.0667. The smallest absolute Gasteiger partial charge is 0.348 e. The maximum Gasteiger partial charge on any atom is 0.348 e. The summed E-state index contributed by atoms with van der Waals surface area (Å²) in [5, 5.41) is 13.2. The fraction of sp³-hybridized carbons (Fsp3) is 0.0769. The first kappa shape index (κ1) is 14.7. The number of hydrogen-bond donors (Lipinski definition) is 2. The minimum Gasteiger partial charge on any atom is -0.477 e. The van der Waals surface area contributed by atoms with Crippen LogP contribution in [0, 0.1) is 12.7 Å². The maximum absolute atomic E-state index is 13.1. The summed E-state index contributed by atoms with van der Waals surface area (Å²) in [7, 11) is 0. The van der Waals surface area contributed by atoms with Crippen LogP contribution in [0.15, 0.2) is 28.1 Å². The molecule has 104 valence electrons. The fourth-order valence-corrected chi connectivity index (χ4v) is 2.80. The number of aryl methyl sites for hydroxylation is 1. The molecule has 1 aromatic heterocycles. The van der Waals surface area contributed by atoms with Gasteiger partial charge in [-0.15, -0.1) is 11.3 Å². The highest BCUT2D eigenvalue weighted by molar-refractivity contribution is 9.10. The maximum atomic E-state index is 13.1. The van der Waals surface area contributed by atoms with Gasteiger partial charge in [0.1, 0.15) is 10.7 Å². The topological polar surface area (TPSA) is 66.4 Å². The van der Waals surface area contributed by atoms with Gasteiger partial charge in [-0.2, -0.15) is 0 Å². The zero-order valence-corrected chi connectivity index (χ0v) is 12.6. The highest BCUT2D eigenvalue weighted by Crippen LogP contribution is 2.28.